The van der Waals surface area contributed by atoms with Crippen LogP contribution in [0.5, 0.6) is 0 Å². The van der Waals surface area contributed by atoms with Crippen LogP contribution in [0.2, 0.25) is 0 Å². The topological polar surface area (TPSA) is 48.7 Å². The number of nitrogens with one attached hydrogen (secondary N) is 1. The van der Waals surface area contributed by atoms with Crippen LogP contribution < -0.4 is 5.32 Å². The van der Waals surface area contributed by atoms with Crippen LogP contribution in [-0.4, -0.2) is 4.98 Å². The zero-order valence-electron chi connectivity index (χ0n) is 7.27. The molecule has 3 nitrogen and oxygen atoms in total. The standard InChI is InChI=1S/C10H7N3S/c11-5-8-1-2-9(6-12-8)13-10-3-4-14-7-10/h1-4,6-7,13H. The molecule has 0 radical (unpaired) electrons. The molecule has 1 N–H and O–H groups in total. The molecule has 0 aromatic carbocycles. The Morgan fingerprint density at radius 1 is 1.29 bits per heavy atom. The average molecular weight is 201 g/mol. The van der Waals surface area contributed by atoms with Crippen LogP contribution in [0.15, 0.2) is 35.2 Å². The summed E-state index contributed by atoms with van der Waals surface area (Å²) in [5, 5.41) is 15.7. The number of hydrogen-bond acceptors (Lipinski definition) is 4. The second-order valence-corrected chi connectivity index (χ2v) is 3.46. The molecule has 0 saturated carbocycles. The monoisotopic (exact) mass is 201 g/mol. The van der Waals surface area contributed by atoms with Crippen molar-refractivity contribution in [3.63, 3.8) is 0 Å². The summed E-state index contributed by atoms with van der Waals surface area (Å²) in [6, 6.07) is 7.49. The third-order valence-corrected chi connectivity index (χ3v) is 2.37. The van der Waals surface area contributed by atoms with E-state index >= 15 is 0 Å². The van der Waals surface area contributed by atoms with Crippen LogP contribution >= 0.6 is 11.3 Å². The van der Waals surface area contributed by atoms with Crippen molar-refractivity contribution in [1.82, 2.24) is 4.98 Å². The summed E-state index contributed by atoms with van der Waals surface area (Å²) in [7, 11) is 0. The maximum Gasteiger partial charge on any atom is 0.140 e. The van der Waals surface area contributed by atoms with Gasteiger partial charge in [-0.25, -0.2) is 4.98 Å². The van der Waals surface area contributed by atoms with E-state index in [0.717, 1.165) is 11.4 Å². The number of nitriles is 1. The van der Waals surface area contributed by atoms with E-state index in [1.54, 1.807) is 23.6 Å². The van der Waals surface area contributed by atoms with Gasteiger partial charge in [0.15, 0.2) is 0 Å². The fourth-order valence-corrected chi connectivity index (χ4v) is 1.62. The van der Waals surface area contributed by atoms with Crippen LogP contribution in [-0.2, 0) is 0 Å². The molecule has 0 aliphatic heterocycles. The molecule has 2 aromatic heterocycles. The van der Waals surface area contributed by atoms with Gasteiger partial charge >= 0.3 is 0 Å². The Morgan fingerprint density at radius 3 is 2.79 bits per heavy atom. The fraction of sp³-hybridized carbons (Fsp3) is 0. The predicted octanol–water partition coefficient (Wildman–Crippen LogP) is 2.76. The number of pyridine rings is 1. The van der Waals surface area contributed by atoms with E-state index in [-0.39, 0.29) is 0 Å². The summed E-state index contributed by atoms with van der Waals surface area (Å²) in [5.41, 5.74) is 2.37. The molecule has 68 valence electrons. The van der Waals surface area contributed by atoms with E-state index in [0.29, 0.717) is 5.69 Å². The normalized spacial score (nSPS) is 9.36. The first kappa shape index (κ1) is 8.73. The zero-order chi connectivity index (χ0) is 9.80. The third kappa shape index (κ3) is 1.90. The van der Waals surface area contributed by atoms with E-state index in [4.69, 9.17) is 5.26 Å². The predicted molar refractivity (Wildman–Crippen MR) is 56.6 cm³/mol. The molecule has 0 bridgehead atoms. The van der Waals surface area contributed by atoms with E-state index in [1.165, 1.54) is 0 Å². The van der Waals surface area contributed by atoms with Gasteiger partial charge in [0.25, 0.3) is 0 Å². The molecule has 2 rings (SSSR count). The Hall–Kier alpha value is -1.86. The number of nitrogens with zero attached hydrogens (tertiary/aromatic N) is 2. The first-order valence-electron chi connectivity index (χ1n) is 4.04. The average Bonchev–Trinajstić information content (AvgIpc) is 2.72. The van der Waals surface area contributed by atoms with Gasteiger partial charge in [-0.15, -0.1) is 0 Å². The van der Waals surface area contributed by atoms with Crippen molar-refractivity contribution in [1.29, 1.82) is 5.26 Å². The minimum Gasteiger partial charge on any atom is -0.354 e. The van der Waals surface area contributed by atoms with E-state index in [2.05, 4.69) is 10.3 Å². The number of thiophene rings is 1. The number of aromatic nitrogens is 1. The summed E-state index contributed by atoms with van der Waals surface area (Å²) < 4.78 is 0. The molecule has 0 aliphatic rings. The van der Waals surface area contributed by atoms with Gasteiger partial charge in [-0.05, 0) is 23.6 Å². The lowest BCUT2D eigenvalue weighted by Crippen LogP contribution is -1.89. The van der Waals surface area contributed by atoms with Gasteiger partial charge in [0, 0.05) is 11.1 Å². The molecule has 0 amide bonds. The van der Waals surface area contributed by atoms with E-state index in [9.17, 15) is 0 Å². The van der Waals surface area contributed by atoms with Crippen LogP contribution in [0.1, 0.15) is 5.69 Å². The molecule has 0 atom stereocenters. The van der Waals surface area contributed by atoms with Crippen molar-refractivity contribution >= 4 is 22.7 Å². The highest BCUT2D eigenvalue weighted by molar-refractivity contribution is 7.08. The highest BCUT2D eigenvalue weighted by atomic mass is 32.1. The lowest BCUT2D eigenvalue weighted by molar-refractivity contribution is 1.26. The van der Waals surface area contributed by atoms with Gasteiger partial charge in [-0.3, -0.25) is 0 Å². The summed E-state index contributed by atoms with van der Waals surface area (Å²) in [4.78, 5) is 3.96. The van der Waals surface area contributed by atoms with Gasteiger partial charge in [0.05, 0.1) is 11.9 Å². The minimum atomic E-state index is 0.431. The van der Waals surface area contributed by atoms with Crippen LogP contribution in [0.25, 0.3) is 0 Å². The van der Waals surface area contributed by atoms with Crippen LogP contribution in [0.3, 0.4) is 0 Å². The largest absolute Gasteiger partial charge is 0.354 e. The third-order valence-electron chi connectivity index (χ3n) is 1.69. The molecule has 0 spiro atoms. The van der Waals surface area contributed by atoms with E-state index < -0.39 is 0 Å². The number of anilines is 2. The molecule has 0 aliphatic carbocycles. The van der Waals surface area contributed by atoms with Crippen LogP contribution in [0.4, 0.5) is 11.4 Å². The van der Waals surface area contributed by atoms with Gasteiger partial charge in [0.1, 0.15) is 11.8 Å². The van der Waals surface area contributed by atoms with Gasteiger partial charge in [0.2, 0.25) is 0 Å². The summed E-state index contributed by atoms with van der Waals surface area (Å²) in [5.74, 6) is 0. The summed E-state index contributed by atoms with van der Waals surface area (Å²) >= 11 is 1.63. The molecular weight excluding hydrogens is 194 g/mol. The Kier molecular flexibility index (Phi) is 2.43. The van der Waals surface area contributed by atoms with Crippen molar-refractivity contribution < 1.29 is 0 Å². The number of rotatable bonds is 2. The molecule has 14 heavy (non-hydrogen) atoms. The second kappa shape index (κ2) is 3.90. The Balaban J connectivity index is 2.15. The van der Waals surface area contributed by atoms with Crippen LogP contribution in [0, 0.1) is 11.3 Å². The molecule has 2 heterocycles. The smallest absolute Gasteiger partial charge is 0.140 e. The SMILES string of the molecule is N#Cc1ccc(Nc2ccsc2)cn1. The summed E-state index contributed by atoms with van der Waals surface area (Å²) in [6.45, 7) is 0. The van der Waals surface area contributed by atoms with Gasteiger partial charge in [-0.1, -0.05) is 0 Å². The molecule has 4 heteroatoms. The maximum absolute atomic E-state index is 8.55. The zero-order valence-corrected chi connectivity index (χ0v) is 8.08. The molecular formula is C10H7N3S. The lowest BCUT2D eigenvalue weighted by atomic mass is 10.3. The van der Waals surface area contributed by atoms with Gasteiger partial charge in [-0.2, -0.15) is 16.6 Å². The molecule has 0 saturated heterocycles. The first-order valence-corrected chi connectivity index (χ1v) is 4.98. The van der Waals surface area contributed by atoms with Crippen molar-refractivity contribution in [3.05, 3.63) is 40.8 Å². The molecule has 0 unspecified atom stereocenters. The number of hydrogen-bond donors (Lipinski definition) is 1. The summed E-state index contributed by atoms with van der Waals surface area (Å²) in [6.07, 6.45) is 1.65. The van der Waals surface area contributed by atoms with Crippen molar-refractivity contribution in [2.24, 2.45) is 0 Å². The van der Waals surface area contributed by atoms with E-state index in [1.807, 2.05) is 29.0 Å². The maximum atomic E-state index is 8.55. The lowest BCUT2D eigenvalue weighted by Gasteiger charge is -2.01. The second-order valence-electron chi connectivity index (χ2n) is 2.68. The molecule has 2 aromatic rings. The fourth-order valence-electron chi connectivity index (χ4n) is 1.04. The highest BCUT2D eigenvalue weighted by Gasteiger charge is 1.95. The Morgan fingerprint density at radius 2 is 2.21 bits per heavy atom. The Labute approximate surface area is 85.7 Å². The Bertz CT molecular complexity index is 439. The quantitative estimate of drug-likeness (QED) is 0.812. The van der Waals surface area contributed by atoms with Crippen molar-refractivity contribution in [3.8, 4) is 6.07 Å². The van der Waals surface area contributed by atoms with Crippen molar-refractivity contribution in [2.45, 2.75) is 0 Å². The van der Waals surface area contributed by atoms with Gasteiger partial charge < -0.3 is 5.32 Å². The van der Waals surface area contributed by atoms with Crippen molar-refractivity contribution in [2.75, 3.05) is 5.32 Å². The highest BCUT2D eigenvalue weighted by Crippen LogP contribution is 2.18. The first-order chi connectivity index (χ1) is 6.88. The minimum absolute atomic E-state index is 0.431. The molecule has 0 fully saturated rings.